The van der Waals surface area contributed by atoms with Crippen molar-refractivity contribution in [1.29, 1.82) is 0 Å². The second-order valence-electron chi connectivity index (χ2n) is 5.16. The quantitative estimate of drug-likeness (QED) is 0.828. The van der Waals surface area contributed by atoms with E-state index in [0.717, 1.165) is 15.8 Å². The van der Waals surface area contributed by atoms with Crippen LogP contribution in [0.1, 0.15) is 25.3 Å². The first kappa shape index (κ1) is 15.6. The highest BCUT2D eigenvalue weighted by Crippen LogP contribution is 2.21. The third-order valence-corrected chi connectivity index (χ3v) is 3.87. The van der Waals surface area contributed by atoms with Gasteiger partial charge < -0.3 is 10.6 Å². The van der Waals surface area contributed by atoms with E-state index in [0.29, 0.717) is 5.92 Å². The molecule has 1 amide bonds. The molecule has 0 radical (unpaired) electrons. The van der Waals surface area contributed by atoms with Gasteiger partial charge in [-0.1, -0.05) is 38.1 Å². The number of anilines is 2. The van der Waals surface area contributed by atoms with E-state index in [1.165, 1.54) is 5.56 Å². The molecule has 2 aromatic rings. The van der Waals surface area contributed by atoms with E-state index >= 15 is 0 Å². The summed E-state index contributed by atoms with van der Waals surface area (Å²) in [4.78, 5) is 11.9. The van der Waals surface area contributed by atoms with Gasteiger partial charge >= 0.3 is 0 Å². The van der Waals surface area contributed by atoms with E-state index in [1.807, 2.05) is 48.5 Å². The largest absolute Gasteiger partial charge is 0.375 e. The van der Waals surface area contributed by atoms with Crippen LogP contribution in [0.15, 0.2) is 53.0 Å². The highest BCUT2D eigenvalue weighted by atomic mass is 79.9. The van der Waals surface area contributed by atoms with Crippen LogP contribution in [-0.4, -0.2) is 12.5 Å². The maximum atomic E-state index is 11.9. The van der Waals surface area contributed by atoms with Gasteiger partial charge in [0.1, 0.15) is 0 Å². The number of hydrogen-bond donors (Lipinski definition) is 2. The molecule has 2 aromatic carbocycles. The van der Waals surface area contributed by atoms with E-state index < -0.39 is 0 Å². The lowest BCUT2D eigenvalue weighted by Crippen LogP contribution is -2.21. The molecule has 0 heterocycles. The Morgan fingerprint density at radius 1 is 1.10 bits per heavy atom. The van der Waals surface area contributed by atoms with Gasteiger partial charge in [-0.3, -0.25) is 4.79 Å². The molecule has 0 spiro atoms. The minimum atomic E-state index is -0.0666. The summed E-state index contributed by atoms with van der Waals surface area (Å²) in [5, 5.41) is 5.98. The standard InChI is InChI=1S/C17H19BrN2O/c1-12(2)13-7-9-14(10-8-13)20-17(21)11-19-16-6-4-3-5-15(16)18/h3-10,12,19H,11H2,1-2H3,(H,20,21). The van der Waals surface area contributed by atoms with Crippen LogP contribution in [0.4, 0.5) is 11.4 Å². The number of carbonyl (C=O) groups excluding carboxylic acids is 1. The Hall–Kier alpha value is -1.81. The Labute approximate surface area is 133 Å². The summed E-state index contributed by atoms with van der Waals surface area (Å²) in [5.41, 5.74) is 2.99. The number of halogens is 1. The SMILES string of the molecule is CC(C)c1ccc(NC(=O)CNc2ccccc2Br)cc1. The zero-order chi connectivity index (χ0) is 15.2. The molecule has 0 fully saturated rings. The number of benzene rings is 2. The van der Waals surface area contributed by atoms with Gasteiger partial charge in [-0.2, -0.15) is 0 Å². The first-order valence-corrected chi connectivity index (χ1v) is 7.74. The lowest BCUT2D eigenvalue weighted by Gasteiger charge is -2.10. The number of carbonyl (C=O) groups is 1. The fourth-order valence-corrected chi connectivity index (χ4v) is 2.36. The van der Waals surface area contributed by atoms with Crippen LogP contribution in [0, 0.1) is 0 Å². The normalized spacial score (nSPS) is 10.5. The maximum absolute atomic E-state index is 11.9. The average molecular weight is 347 g/mol. The third-order valence-electron chi connectivity index (χ3n) is 3.17. The third kappa shape index (κ3) is 4.60. The summed E-state index contributed by atoms with van der Waals surface area (Å²) < 4.78 is 0.944. The molecule has 2 N–H and O–H groups in total. The zero-order valence-electron chi connectivity index (χ0n) is 12.2. The summed E-state index contributed by atoms with van der Waals surface area (Å²) in [5.74, 6) is 0.426. The van der Waals surface area contributed by atoms with E-state index in [9.17, 15) is 4.79 Å². The number of para-hydroxylation sites is 1. The molecule has 0 aliphatic carbocycles. The molecule has 3 nitrogen and oxygen atoms in total. The van der Waals surface area contributed by atoms with Gasteiger partial charge in [0.15, 0.2) is 0 Å². The van der Waals surface area contributed by atoms with Gasteiger partial charge in [-0.15, -0.1) is 0 Å². The summed E-state index contributed by atoms with van der Waals surface area (Å²) in [6.45, 7) is 4.53. The smallest absolute Gasteiger partial charge is 0.243 e. The Balaban J connectivity index is 1.88. The minimum absolute atomic E-state index is 0.0666. The Morgan fingerprint density at radius 3 is 2.38 bits per heavy atom. The molecule has 0 aliphatic rings. The van der Waals surface area contributed by atoms with Crippen LogP contribution in [0.2, 0.25) is 0 Å². The van der Waals surface area contributed by atoms with Crippen molar-refractivity contribution >= 4 is 33.2 Å². The second-order valence-corrected chi connectivity index (χ2v) is 6.01. The van der Waals surface area contributed by atoms with Crippen molar-refractivity contribution in [2.45, 2.75) is 19.8 Å². The van der Waals surface area contributed by atoms with Crippen LogP contribution in [0.5, 0.6) is 0 Å². The molecule has 0 unspecified atom stereocenters. The van der Waals surface area contributed by atoms with E-state index in [4.69, 9.17) is 0 Å². The molecule has 0 aliphatic heterocycles. The van der Waals surface area contributed by atoms with Crippen LogP contribution in [0.25, 0.3) is 0 Å². The Kier molecular flexibility index (Phi) is 5.39. The van der Waals surface area contributed by atoms with Crippen LogP contribution >= 0.6 is 15.9 Å². The lowest BCUT2D eigenvalue weighted by atomic mass is 10.0. The van der Waals surface area contributed by atoms with Gasteiger partial charge in [0.2, 0.25) is 5.91 Å². The van der Waals surface area contributed by atoms with Crippen molar-refractivity contribution in [3.05, 3.63) is 58.6 Å². The summed E-state index contributed by atoms with van der Waals surface area (Å²) in [7, 11) is 0. The van der Waals surface area contributed by atoms with Crippen LogP contribution in [0.3, 0.4) is 0 Å². The van der Waals surface area contributed by atoms with Gasteiger partial charge in [-0.05, 0) is 51.7 Å². The number of rotatable bonds is 5. The highest BCUT2D eigenvalue weighted by Gasteiger charge is 2.05. The maximum Gasteiger partial charge on any atom is 0.243 e. The van der Waals surface area contributed by atoms with Gasteiger partial charge in [0, 0.05) is 15.8 Å². The first-order valence-electron chi connectivity index (χ1n) is 6.94. The molecule has 0 atom stereocenters. The van der Waals surface area contributed by atoms with Crippen molar-refractivity contribution in [2.75, 3.05) is 17.2 Å². The minimum Gasteiger partial charge on any atom is -0.375 e. The van der Waals surface area contributed by atoms with Crippen molar-refractivity contribution in [3.63, 3.8) is 0 Å². The molecule has 0 saturated carbocycles. The molecule has 2 rings (SSSR count). The monoisotopic (exact) mass is 346 g/mol. The molecule has 0 bridgehead atoms. The van der Waals surface area contributed by atoms with Gasteiger partial charge in [-0.25, -0.2) is 0 Å². The van der Waals surface area contributed by atoms with Crippen LogP contribution in [-0.2, 0) is 4.79 Å². The van der Waals surface area contributed by atoms with Gasteiger partial charge in [0.25, 0.3) is 0 Å². The summed E-state index contributed by atoms with van der Waals surface area (Å²) >= 11 is 3.44. The van der Waals surface area contributed by atoms with Crippen LogP contribution < -0.4 is 10.6 Å². The molecule has 110 valence electrons. The molecule has 0 aromatic heterocycles. The highest BCUT2D eigenvalue weighted by molar-refractivity contribution is 9.10. The zero-order valence-corrected chi connectivity index (χ0v) is 13.8. The summed E-state index contributed by atoms with van der Waals surface area (Å²) in [6, 6.07) is 15.7. The van der Waals surface area contributed by atoms with Gasteiger partial charge in [0.05, 0.1) is 6.54 Å². The molecular weight excluding hydrogens is 328 g/mol. The molecule has 4 heteroatoms. The molecule has 0 saturated heterocycles. The second kappa shape index (κ2) is 7.27. The van der Waals surface area contributed by atoms with Crippen molar-refractivity contribution < 1.29 is 4.79 Å². The van der Waals surface area contributed by atoms with Crippen molar-refractivity contribution in [2.24, 2.45) is 0 Å². The van der Waals surface area contributed by atoms with E-state index in [2.05, 4.69) is 40.4 Å². The number of nitrogens with one attached hydrogen (secondary N) is 2. The number of hydrogen-bond acceptors (Lipinski definition) is 2. The van der Waals surface area contributed by atoms with Crippen molar-refractivity contribution in [3.8, 4) is 0 Å². The predicted octanol–water partition coefficient (Wildman–Crippen LogP) is 4.62. The fourth-order valence-electron chi connectivity index (χ4n) is 1.94. The predicted molar refractivity (Wildman–Crippen MR) is 91.8 cm³/mol. The number of amides is 1. The Bertz CT molecular complexity index is 608. The average Bonchev–Trinajstić information content (AvgIpc) is 2.47. The fraction of sp³-hybridized carbons (Fsp3) is 0.235. The Morgan fingerprint density at radius 2 is 1.76 bits per heavy atom. The van der Waals surface area contributed by atoms with Crippen molar-refractivity contribution in [1.82, 2.24) is 0 Å². The topological polar surface area (TPSA) is 41.1 Å². The van der Waals surface area contributed by atoms with E-state index in [1.54, 1.807) is 0 Å². The first-order chi connectivity index (χ1) is 10.1. The molecular formula is C17H19BrN2O. The van der Waals surface area contributed by atoms with E-state index in [-0.39, 0.29) is 12.5 Å². The lowest BCUT2D eigenvalue weighted by molar-refractivity contribution is -0.114. The summed E-state index contributed by atoms with van der Waals surface area (Å²) in [6.07, 6.45) is 0. The molecule has 21 heavy (non-hydrogen) atoms.